The Labute approximate surface area is 113 Å². The normalized spacial score (nSPS) is 10.2. The molecule has 0 unspecified atom stereocenters. The van der Waals surface area contributed by atoms with Gasteiger partial charge in [0.05, 0.1) is 11.4 Å². The highest BCUT2D eigenvalue weighted by Gasteiger charge is 2.16. The second-order valence-corrected chi connectivity index (χ2v) is 4.11. The molecule has 1 heterocycles. The number of nitrogens with zero attached hydrogens (tertiary/aromatic N) is 3. The van der Waals surface area contributed by atoms with Crippen molar-refractivity contribution in [1.82, 2.24) is 10.2 Å². The van der Waals surface area contributed by atoms with Gasteiger partial charge in [-0.1, -0.05) is 0 Å². The van der Waals surface area contributed by atoms with E-state index in [4.69, 9.17) is 15.7 Å². The summed E-state index contributed by atoms with van der Waals surface area (Å²) in [5.41, 5.74) is 6.14. The zero-order chi connectivity index (χ0) is 14.9. The van der Waals surface area contributed by atoms with Gasteiger partial charge in [0.25, 0.3) is 5.88 Å². The van der Waals surface area contributed by atoms with Crippen molar-refractivity contribution in [3.63, 3.8) is 0 Å². The van der Waals surface area contributed by atoms with Crippen LogP contribution in [0, 0.1) is 36.8 Å². The molecule has 20 heavy (non-hydrogen) atoms. The lowest BCUT2D eigenvalue weighted by atomic mass is 10.1. The van der Waals surface area contributed by atoms with E-state index >= 15 is 0 Å². The van der Waals surface area contributed by atoms with E-state index in [0.717, 1.165) is 12.1 Å². The van der Waals surface area contributed by atoms with Crippen LogP contribution in [0.15, 0.2) is 12.1 Å². The number of rotatable bonds is 2. The number of hydrogen-bond donors (Lipinski definition) is 1. The van der Waals surface area contributed by atoms with Crippen LogP contribution in [0.5, 0.6) is 11.6 Å². The van der Waals surface area contributed by atoms with Crippen molar-refractivity contribution in [3.8, 4) is 17.7 Å². The number of nitriles is 1. The smallest absolute Gasteiger partial charge is 0.257 e. The van der Waals surface area contributed by atoms with Gasteiger partial charge >= 0.3 is 0 Å². The van der Waals surface area contributed by atoms with Gasteiger partial charge in [-0.05, 0) is 19.4 Å². The SMILES string of the molecule is Cc1nnc(Oc2cc(F)c(N)cc2F)c(C#N)c1C. The number of halogens is 2. The van der Waals surface area contributed by atoms with E-state index in [0.29, 0.717) is 11.3 Å². The topological polar surface area (TPSA) is 84.8 Å². The Balaban J connectivity index is 2.49. The molecule has 2 N–H and O–H groups in total. The highest BCUT2D eigenvalue weighted by atomic mass is 19.1. The lowest BCUT2D eigenvalue weighted by molar-refractivity contribution is 0.415. The van der Waals surface area contributed by atoms with E-state index in [9.17, 15) is 8.78 Å². The van der Waals surface area contributed by atoms with Crippen LogP contribution >= 0.6 is 0 Å². The van der Waals surface area contributed by atoms with Gasteiger partial charge in [0.15, 0.2) is 11.6 Å². The highest BCUT2D eigenvalue weighted by molar-refractivity contribution is 5.49. The molecule has 0 bridgehead atoms. The molecule has 0 saturated carbocycles. The maximum absolute atomic E-state index is 13.6. The van der Waals surface area contributed by atoms with Crippen molar-refractivity contribution < 1.29 is 13.5 Å². The summed E-state index contributed by atoms with van der Waals surface area (Å²) in [6.07, 6.45) is 0. The zero-order valence-corrected chi connectivity index (χ0v) is 10.7. The van der Waals surface area contributed by atoms with Crippen LogP contribution in [0.1, 0.15) is 16.8 Å². The number of nitrogens with two attached hydrogens (primary N) is 1. The number of anilines is 1. The second kappa shape index (κ2) is 5.09. The Morgan fingerprint density at radius 1 is 1.20 bits per heavy atom. The van der Waals surface area contributed by atoms with Crippen molar-refractivity contribution in [3.05, 3.63) is 40.6 Å². The first-order valence-electron chi connectivity index (χ1n) is 5.60. The van der Waals surface area contributed by atoms with Crippen LogP contribution in [-0.4, -0.2) is 10.2 Å². The van der Waals surface area contributed by atoms with E-state index in [2.05, 4.69) is 10.2 Å². The molecule has 0 aliphatic heterocycles. The van der Waals surface area contributed by atoms with Crippen LogP contribution in [0.4, 0.5) is 14.5 Å². The minimum Gasteiger partial charge on any atom is -0.433 e. The molecular weight excluding hydrogens is 266 g/mol. The molecule has 2 rings (SSSR count). The molecule has 7 heteroatoms. The minimum absolute atomic E-state index is 0.120. The Hall–Kier alpha value is -2.75. The number of aryl methyl sites for hydroxylation is 1. The molecule has 0 radical (unpaired) electrons. The average molecular weight is 276 g/mol. The maximum Gasteiger partial charge on any atom is 0.257 e. The highest BCUT2D eigenvalue weighted by Crippen LogP contribution is 2.29. The van der Waals surface area contributed by atoms with Gasteiger partial charge in [0, 0.05) is 12.1 Å². The van der Waals surface area contributed by atoms with E-state index in [1.165, 1.54) is 0 Å². The summed E-state index contributed by atoms with van der Waals surface area (Å²) in [4.78, 5) is 0. The van der Waals surface area contributed by atoms with Crippen molar-refractivity contribution in [2.45, 2.75) is 13.8 Å². The van der Waals surface area contributed by atoms with Crippen molar-refractivity contribution in [2.24, 2.45) is 0 Å². The molecule has 2 aromatic rings. The first kappa shape index (κ1) is 13.7. The monoisotopic (exact) mass is 276 g/mol. The van der Waals surface area contributed by atoms with E-state index in [1.807, 2.05) is 6.07 Å². The number of hydrogen-bond acceptors (Lipinski definition) is 5. The molecule has 0 amide bonds. The summed E-state index contributed by atoms with van der Waals surface area (Å²) in [5, 5.41) is 16.6. The molecular formula is C13H10F2N4O. The predicted octanol–water partition coefficient (Wildman–Crippen LogP) is 2.62. The van der Waals surface area contributed by atoms with E-state index < -0.39 is 17.4 Å². The Morgan fingerprint density at radius 2 is 1.90 bits per heavy atom. The van der Waals surface area contributed by atoms with Crippen LogP contribution in [-0.2, 0) is 0 Å². The van der Waals surface area contributed by atoms with E-state index in [1.54, 1.807) is 13.8 Å². The third-order valence-electron chi connectivity index (χ3n) is 2.79. The summed E-state index contributed by atoms with van der Waals surface area (Å²) in [6.45, 7) is 3.34. The quantitative estimate of drug-likeness (QED) is 0.852. The van der Waals surface area contributed by atoms with E-state index in [-0.39, 0.29) is 17.1 Å². The largest absolute Gasteiger partial charge is 0.433 e. The van der Waals surface area contributed by atoms with Gasteiger partial charge in [-0.3, -0.25) is 0 Å². The lowest BCUT2D eigenvalue weighted by Crippen LogP contribution is -2.02. The standard InChI is InChI=1S/C13H10F2N4O/c1-6-7(2)18-19-13(8(6)5-16)20-12-4-9(14)11(17)3-10(12)15/h3-4H,17H2,1-2H3. The van der Waals surface area contributed by atoms with Gasteiger partial charge in [-0.2, -0.15) is 10.4 Å². The Kier molecular flexibility index (Phi) is 3.48. The third kappa shape index (κ3) is 2.36. The fourth-order valence-corrected chi connectivity index (χ4v) is 1.52. The summed E-state index contributed by atoms with van der Waals surface area (Å²) in [7, 11) is 0. The Morgan fingerprint density at radius 3 is 2.55 bits per heavy atom. The first-order valence-corrected chi connectivity index (χ1v) is 5.60. The average Bonchev–Trinajstić information content (AvgIpc) is 2.40. The van der Waals surface area contributed by atoms with Gasteiger partial charge in [-0.15, -0.1) is 5.10 Å². The van der Waals surface area contributed by atoms with Crippen LogP contribution in [0.2, 0.25) is 0 Å². The van der Waals surface area contributed by atoms with Gasteiger partial charge in [0.2, 0.25) is 0 Å². The fourth-order valence-electron chi connectivity index (χ4n) is 1.52. The van der Waals surface area contributed by atoms with Crippen molar-refractivity contribution >= 4 is 5.69 Å². The van der Waals surface area contributed by atoms with Gasteiger partial charge < -0.3 is 10.5 Å². The fraction of sp³-hybridized carbons (Fsp3) is 0.154. The zero-order valence-electron chi connectivity index (χ0n) is 10.7. The summed E-state index contributed by atoms with van der Waals surface area (Å²) < 4.78 is 32.1. The molecule has 0 fully saturated rings. The Bertz CT molecular complexity index is 725. The number of nitrogen functional groups attached to an aromatic ring is 1. The molecule has 1 aromatic carbocycles. The number of benzene rings is 1. The molecule has 1 aromatic heterocycles. The third-order valence-corrected chi connectivity index (χ3v) is 2.79. The minimum atomic E-state index is -0.854. The molecule has 0 spiro atoms. The summed E-state index contributed by atoms with van der Waals surface area (Å²) in [5.74, 6) is -2.27. The van der Waals surface area contributed by atoms with Gasteiger partial charge in [0.1, 0.15) is 17.4 Å². The van der Waals surface area contributed by atoms with Gasteiger partial charge in [-0.25, -0.2) is 8.78 Å². The van der Waals surface area contributed by atoms with Crippen LogP contribution in [0.25, 0.3) is 0 Å². The first-order chi connectivity index (χ1) is 9.43. The molecule has 102 valence electrons. The van der Waals surface area contributed by atoms with Crippen LogP contribution < -0.4 is 10.5 Å². The number of ether oxygens (including phenoxy) is 1. The maximum atomic E-state index is 13.6. The summed E-state index contributed by atoms with van der Waals surface area (Å²) >= 11 is 0. The molecule has 5 nitrogen and oxygen atoms in total. The molecule has 0 saturated heterocycles. The lowest BCUT2D eigenvalue weighted by Gasteiger charge is -2.10. The second-order valence-electron chi connectivity index (χ2n) is 4.11. The molecule has 0 atom stereocenters. The molecule has 0 aliphatic rings. The predicted molar refractivity (Wildman–Crippen MR) is 67.1 cm³/mol. The molecule has 0 aliphatic carbocycles. The summed E-state index contributed by atoms with van der Waals surface area (Å²) in [6, 6.07) is 3.49. The number of aromatic nitrogens is 2. The van der Waals surface area contributed by atoms with Crippen molar-refractivity contribution in [2.75, 3.05) is 5.73 Å². The van der Waals surface area contributed by atoms with Crippen molar-refractivity contribution in [1.29, 1.82) is 5.26 Å². The van der Waals surface area contributed by atoms with Crippen LogP contribution in [0.3, 0.4) is 0 Å².